The Balaban J connectivity index is 1.81. The molecular formula is C26H34O6. The molecule has 0 heterocycles. The highest BCUT2D eigenvalue weighted by Gasteiger charge is 2.15. The highest BCUT2D eigenvalue weighted by molar-refractivity contribution is 5.97. The van der Waals surface area contributed by atoms with Gasteiger partial charge in [0.25, 0.3) is 0 Å². The van der Waals surface area contributed by atoms with Crippen molar-refractivity contribution in [2.45, 2.75) is 52.4 Å². The fraction of sp³-hybridized carbons (Fsp3) is 0.462. The summed E-state index contributed by atoms with van der Waals surface area (Å²) < 4.78 is 21.4. The minimum absolute atomic E-state index is 0.0662. The molecule has 32 heavy (non-hydrogen) atoms. The molecule has 0 fully saturated rings. The number of hydrogen-bond acceptors (Lipinski definition) is 6. The maximum atomic E-state index is 12.6. The summed E-state index contributed by atoms with van der Waals surface area (Å²) in [5.41, 5.74) is 2.95. The van der Waals surface area contributed by atoms with E-state index in [1.165, 1.54) is 0 Å². The zero-order chi connectivity index (χ0) is 23.7. The van der Waals surface area contributed by atoms with Crippen LogP contribution in [0.25, 0.3) is 0 Å². The largest absolute Gasteiger partial charge is 0.496 e. The van der Waals surface area contributed by atoms with Gasteiger partial charge in [-0.2, -0.15) is 0 Å². The standard InChI is InChI=1S/C26H34O6/c1-17-23(29-3)13-19(14-24(17)30-4)21(27)11-9-7-8-10-12-22(28)20-15-25(31-5)18(2)26(16-20)32-6/h13-16H,7-12H2,1-6H3. The summed E-state index contributed by atoms with van der Waals surface area (Å²) in [6.45, 7) is 3.80. The first-order chi connectivity index (χ1) is 15.4. The van der Waals surface area contributed by atoms with Crippen LogP contribution in [-0.4, -0.2) is 40.0 Å². The molecule has 2 rings (SSSR count). The number of rotatable bonds is 13. The van der Waals surface area contributed by atoms with Crippen molar-refractivity contribution in [2.24, 2.45) is 0 Å². The van der Waals surface area contributed by atoms with Crippen molar-refractivity contribution in [3.63, 3.8) is 0 Å². The Morgan fingerprint density at radius 1 is 0.562 bits per heavy atom. The van der Waals surface area contributed by atoms with Gasteiger partial charge >= 0.3 is 0 Å². The molecule has 0 saturated carbocycles. The average Bonchev–Trinajstić information content (AvgIpc) is 2.81. The molecular weight excluding hydrogens is 408 g/mol. The highest BCUT2D eigenvalue weighted by atomic mass is 16.5. The van der Waals surface area contributed by atoms with Crippen molar-refractivity contribution < 1.29 is 28.5 Å². The van der Waals surface area contributed by atoms with Crippen LogP contribution in [0.4, 0.5) is 0 Å². The van der Waals surface area contributed by atoms with E-state index in [1.807, 2.05) is 13.8 Å². The Bertz CT molecular complexity index is 820. The van der Waals surface area contributed by atoms with Gasteiger partial charge in [0.2, 0.25) is 0 Å². The first-order valence-corrected chi connectivity index (χ1v) is 10.9. The van der Waals surface area contributed by atoms with E-state index in [0.29, 0.717) is 47.0 Å². The Morgan fingerprint density at radius 2 is 0.844 bits per heavy atom. The Labute approximate surface area is 190 Å². The minimum Gasteiger partial charge on any atom is -0.496 e. The van der Waals surface area contributed by atoms with E-state index in [0.717, 1.165) is 36.8 Å². The monoisotopic (exact) mass is 442 g/mol. The lowest BCUT2D eigenvalue weighted by atomic mass is 9.99. The number of benzene rings is 2. The molecule has 2 aromatic carbocycles. The number of carbonyl (C=O) groups is 2. The third-order valence-electron chi connectivity index (χ3n) is 5.71. The van der Waals surface area contributed by atoms with Crippen LogP contribution in [0.5, 0.6) is 23.0 Å². The lowest BCUT2D eigenvalue weighted by molar-refractivity contribution is 0.0965. The Hall–Kier alpha value is -3.02. The van der Waals surface area contributed by atoms with Crippen molar-refractivity contribution in [3.05, 3.63) is 46.5 Å². The zero-order valence-corrected chi connectivity index (χ0v) is 20.0. The van der Waals surface area contributed by atoms with Crippen molar-refractivity contribution in [1.82, 2.24) is 0 Å². The van der Waals surface area contributed by atoms with E-state index in [2.05, 4.69) is 0 Å². The summed E-state index contributed by atoms with van der Waals surface area (Å²) in [6.07, 6.45) is 4.24. The lowest BCUT2D eigenvalue weighted by Gasteiger charge is -2.12. The van der Waals surface area contributed by atoms with Crippen molar-refractivity contribution in [1.29, 1.82) is 0 Å². The second-order valence-electron chi connectivity index (χ2n) is 7.77. The van der Waals surface area contributed by atoms with Crippen LogP contribution in [0.1, 0.15) is 70.4 Å². The van der Waals surface area contributed by atoms with E-state index in [-0.39, 0.29) is 11.6 Å². The van der Waals surface area contributed by atoms with Gasteiger partial charge in [-0.25, -0.2) is 0 Å². The van der Waals surface area contributed by atoms with Crippen LogP contribution in [0.2, 0.25) is 0 Å². The minimum atomic E-state index is 0.0662. The second kappa shape index (κ2) is 12.1. The van der Waals surface area contributed by atoms with Gasteiger partial charge in [-0.1, -0.05) is 12.8 Å². The van der Waals surface area contributed by atoms with E-state index in [1.54, 1.807) is 52.7 Å². The fourth-order valence-corrected chi connectivity index (χ4v) is 3.71. The van der Waals surface area contributed by atoms with Gasteiger partial charge in [-0.15, -0.1) is 0 Å². The number of carbonyl (C=O) groups excluding carboxylic acids is 2. The number of methoxy groups -OCH3 is 4. The summed E-state index contributed by atoms with van der Waals surface area (Å²) in [5, 5.41) is 0. The lowest BCUT2D eigenvalue weighted by Crippen LogP contribution is -2.03. The van der Waals surface area contributed by atoms with Crippen LogP contribution in [0.15, 0.2) is 24.3 Å². The van der Waals surface area contributed by atoms with Crippen LogP contribution in [0, 0.1) is 13.8 Å². The van der Waals surface area contributed by atoms with E-state index >= 15 is 0 Å². The SMILES string of the molecule is COc1cc(C(=O)CCCCCCC(=O)c2cc(OC)c(C)c(OC)c2)cc(OC)c1C. The summed E-state index contributed by atoms with van der Waals surface area (Å²) in [5.74, 6) is 2.73. The number of ether oxygens (including phenoxy) is 4. The molecule has 0 N–H and O–H groups in total. The van der Waals surface area contributed by atoms with Crippen LogP contribution in [0.3, 0.4) is 0 Å². The molecule has 0 saturated heterocycles. The van der Waals surface area contributed by atoms with E-state index in [9.17, 15) is 9.59 Å². The van der Waals surface area contributed by atoms with Gasteiger partial charge in [0.1, 0.15) is 23.0 Å². The second-order valence-corrected chi connectivity index (χ2v) is 7.77. The molecule has 0 aliphatic heterocycles. The van der Waals surface area contributed by atoms with Crippen molar-refractivity contribution >= 4 is 11.6 Å². The summed E-state index contributed by atoms with van der Waals surface area (Å²) in [4.78, 5) is 25.2. The number of ketones is 2. The first-order valence-electron chi connectivity index (χ1n) is 10.9. The Morgan fingerprint density at radius 3 is 1.09 bits per heavy atom. The van der Waals surface area contributed by atoms with Gasteiger partial charge in [-0.3, -0.25) is 9.59 Å². The quantitative estimate of drug-likeness (QED) is 0.291. The predicted octanol–water partition coefficient (Wildman–Crippen LogP) is 5.74. The van der Waals surface area contributed by atoms with E-state index < -0.39 is 0 Å². The van der Waals surface area contributed by atoms with Gasteiger partial charge in [0.15, 0.2) is 11.6 Å². The predicted molar refractivity (Wildman–Crippen MR) is 125 cm³/mol. The molecule has 0 unspecified atom stereocenters. The Kier molecular flexibility index (Phi) is 9.57. The van der Waals surface area contributed by atoms with Crippen LogP contribution < -0.4 is 18.9 Å². The van der Waals surface area contributed by atoms with Gasteiger partial charge in [-0.05, 0) is 51.0 Å². The number of unbranched alkanes of at least 4 members (excludes halogenated alkanes) is 3. The molecule has 0 aliphatic rings. The third kappa shape index (κ3) is 6.25. The molecule has 0 bridgehead atoms. The first kappa shape index (κ1) is 25.2. The van der Waals surface area contributed by atoms with Gasteiger partial charge in [0, 0.05) is 35.1 Å². The molecule has 0 amide bonds. The average molecular weight is 443 g/mol. The smallest absolute Gasteiger partial charge is 0.163 e. The van der Waals surface area contributed by atoms with Crippen LogP contribution in [-0.2, 0) is 0 Å². The molecule has 0 spiro atoms. The normalized spacial score (nSPS) is 10.6. The van der Waals surface area contributed by atoms with Crippen molar-refractivity contribution in [2.75, 3.05) is 28.4 Å². The fourth-order valence-electron chi connectivity index (χ4n) is 3.71. The third-order valence-corrected chi connectivity index (χ3v) is 5.71. The molecule has 0 aromatic heterocycles. The van der Waals surface area contributed by atoms with Crippen LogP contribution >= 0.6 is 0 Å². The molecule has 6 heteroatoms. The number of hydrogen-bond donors (Lipinski definition) is 0. The summed E-state index contributed by atoms with van der Waals surface area (Å²) in [6, 6.07) is 7.07. The summed E-state index contributed by atoms with van der Waals surface area (Å²) >= 11 is 0. The molecule has 2 aromatic rings. The molecule has 0 radical (unpaired) electrons. The highest BCUT2D eigenvalue weighted by Crippen LogP contribution is 2.31. The number of Topliss-reactive ketones (excluding diaryl/α,β-unsaturated/α-hetero) is 2. The van der Waals surface area contributed by atoms with E-state index in [4.69, 9.17) is 18.9 Å². The topological polar surface area (TPSA) is 71.1 Å². The maximum Gasteiger partial charge on any atom is 0.163 e. The molecule has 6 nitrogen and oxygen atoms in total. The zero-order valence-electron chi connectivity index (χ0n) is 20.0. The summed E-state index contributed by atoms with van der Waals surface area (Å²) in [7, 11) is 6.33. The molecule has 174 valence electrons. The van der Waals surface area contributed by atoms with Gasteiger partial charge < -0.3 is 18.9 Å². The van der Waals surface area contributed by atoms with Gasteiger partial charge in [0.05, 0.1) is 28.4 Å². The molecule has 0 atom stereocenters. The molecule has 0 aliphatic carbocycles. The maximum absolute atomic E-state index is 12.6. The van der Waals surface area contributed by atoms with Crippen molar-refractivity contribution in [3.8, 4) is 23.0 Å².